The van der Waals surface area contributed by atoms with Crippen LogP contribution >= 0.6 is 0 Å². The average molecular weight is 391 g/mol. The van der Waals surface area contributed by atoms with E-state index in [0.717, 1.165) is 23.4 Å². The van der Waals surface area contributed by atoms with Crippen molar-refractivity contribution >= 4 is 21.6 Å². The number of sulfonamides is 1. The van der Waals surface area contributed by atoms with Gasteiger partial charge in [-0.2, -0.15) is 0 Å². The Hall–Kier alpha value is -2.54. The normalized spacial score (nSPS) is 12.3. The fourth-order valence-electron chi connectivity index (χ4n) is 2.70. The first kappa shape index (κ1) is 20.8. The van der Waals surface area contributed by atoms with Gasteiger partial charge in [0.2, 0.25) is 15.9 Å². The van der Waals surface area contributed by atoms with Crippen LogP contribution in [0, 0.1) is 0 Å². The number of carbonyl (C=O) groups is 1. The van der Waals surface area contributed by atoms with Crippen LogP contribution in [0.25, 0.3) is 0 Å². The van der Waals surface area contributed by atoms with Gasteiger partial charge in [0, 0.05) is 6.04 Å². The highest BCUT2D eigenvalue weighted by Gasteiger charge is 2.21. The van der Waals surface area contributed by atoms with Crippen LogP contribution in [-0.4, -0.2) is 40.3 Å². The van der Waals surface area contributed by atoms with Gasteiger partial charge >= 0.3 is 0 Å². The molecule has 1 atom stereocenters. The van der Waals surface area contributed by atoms with E-state index in [0.29, 0.717) is 11.4 Å². The minimum Gasteiger partial charge on any atom is -0.497 e. The van der Waals surface area contributed by atoms with Crippen molar-refractivity contribution in [3.8, 4) is 5.75 Å². The number of benzene rings is 2. The number of carbonyl (C=O) groups excluding carboxylic acids is 1. The number of aryl methyl sites for hydroxylation is 1. The molecule has 146 valence electrons. The highest BCUT2D eigenvalue weighted by atomic mass is 32.2. The maximum atomic E-state index is 12.4. The second-order valence-electron chi connectivity index (χ2n) is 6.46. The summed E-state index contributed by atoms with van der Waals surface area (Å²) in [6, 6.07) is 16.5. The predicted molar refractivity (Wildman–Crippen MR) is 108 cm³/mol. The zero-order valence-corrected chi connectivity index (χ0v) is 16.7. The Morgan fingerprint density at radius 1 is 1.11 bits per heavy atom. The number of rotatable bonds is 9. The van der Waals surface area contributed by atoms with Crippen molar-refractivity contribution in [2.24, 2.45) is 0 Å². The molecule has 2 aromatic rings. The van der Waals surface area contributed by atoms with Crippen molar-refractivity contribution in [3.05, 3.63) is 60.2 Å². The van der Waals surface area contributed by atoms with Crippen LogP contribution < -0.4 is 14.4 Å². The second kappa shape index (κ2) is 9.41. The number of nitrogens with one attached hydrogen (secondary N) is 1. The molecule has 0 aliphatic heterocycles. The number of amides is 1. The lowest BCUT2D eigenvalue weighted by Gasteiger charge is -2.23. The van der Waals surface area contributed by atoms with Crippen molar-refractivity contribution < 1.29 is 17.9 Å². The van der Waals surface area contributed by atoms with Crippen molar-refractivity contribution in [2.45, 2.75) is 25.8 Å². The van der Waals surface area contributed by atoms with Crippen LogP contribution in [0.2, 0.25) is 0 Å². The Labute approximate surface area is 161 Å². The van der Waals surface area contributed by atoms with E-state index in [-0.39, 0.29) is 18.5 Å². The Kier molecular flexibility index (Phi) is 7.24. The van der Waals surface area contributed by atoms with E-state index in [4.69, 9.17) is 4.74 Å². The van der Waals surface area contributed by atoms with Gasteiger partial charge in [-0.1, -0.05) is 30.3 Å². The molecule has 0 fully saturated rings. The Balaban J connectivity index is 1.96. The first-order valence-electron chi connectivity index (χ1n) is 8.74. The van der Waals surface area contributed by atoms with Gasteiger partial charge in [-0.3, -0.25) is 9.10 Å². The van der Waals surface area contributed by atoms with Crippen molar-refractivity contribution in [3.63, 3.8) is 0 Å². The summed E-state index contributed by atoms with van der Waals surface area (Å²) in [5.41, 5.74) is 1.62. The van der Waals surface area contributed by atoms with E-state index in [1.807, 2.05) is 37.3 Å². The topological polar surface area (TPSA) is 75.7 Å². The molecule has 0 saturated carbocycles. The summed E-state index contributed by atoms with van der Waals surface area (Å²) in [7, 11) is -2.06. The molecule has 27 heavy (non-hydrogen) atoms. The SMILES string of the molecule is COc1ccc(N(CC(=O)N[C@@H](C)CCc2ccccc2)S(C)(=O)=O)cc1. The molecule has 7 heteroatoms. The summed E-state index contributed by atoms with van der Waals surface area (Å²) in [5.74, 6) is 0.281. The number of methoxy groups -OCH3 is 1. The van der Waals surface area contributed by atoms with E-state index in [1.54, 1.807) is 24.3 Å². The average Bonchev–Trinajstić information content (AvgIpc) is 2.64. The first-order valence-corrected chi connectivity index (χ1v) is 10.6. The highest BCUT2D eigenvalue weighted by molar-refractivity contribution is 7.92. The van der Waals surface area contributed by atoms with E-state index in [1.165, 1.54) is 12.7 Å². The smallest absolute Gasteiger partial charge is 0.240 e. The molecule has 1 N–H and O–H groups in total. The molecule has 6 nitrogen and oxygen atoms in total. The second-order valence-corrected chi connectivity index (χ2v) is 8.37. The van der Waals surface area contributed by atoms with Gasteiger partial charge in [0.1, 0.15) is 12.3 Å². The molecular weight excluding hydrogens is 364 g/mol. The van der Waals surface area contributed by atoms with Gasteiger partial charge in [0.25, 0.3) is 0 Å². The lowest BCUT2D eigenvalue weighted by atomic mass is 10.1. The molecule has 0 spiro atoms. The number of hydrogen-bond acceptors (Lipinski definition) is 4. The predicted octanol–water partition coefficient (Wildman–Crippen LogP) is 2.60. The monoisotopic (exact) mass is 390 g/mol. The molecule has 1 amide bonds. The largest absolute Gasteiger partial charge is 0.497 e. The summed E-state index contributed by atoms with van der Waals surface area (Å²) >= 11 is 0. The molecule has 0 unspecified atom stereocenters. The van der Waals surface area contributed by atoms with Crippen molar-refractivity contribution in [1.29, 1.82) is 0 Å². The number of hydrogen-bond donors (Lipinski definition) is 1. The molecule has 0 aliphatic carbocycles. The molecule has 0 aliphatic rings. The summed E-state index contributed by atoms with van der Waals surface area (Å²) in [4.78, 5) is 12.4. The summed E-state index contributed by atoms with van der Waals surface area (Å²) in [6.45, 7) is 1.65. The Morgan fingerprint density at radius 3 is 2.30 bits per heavy atom. The Morgan fingerprint density at radius 2 is 1.74 bits per heavy atom. The third-order valence-corrected chi connectivity index (χ3v) is 5.30. The lowest BCUT2D eigenvalue weighted by Crippen LogP contribution is -2.43. The standard InChI is InChI=1S/C20H26N2O4S/c1-16(9-10-17-7-5-4-6-8-17)21-20(23)15-22(27(3,24)25)18-11-13-19(26-2)14-12-18/h4-8,11-14,16H,9-10,15H2,1-3H3,(H,21,23)/t16-/m0/s1. The summed E-state index contributed by atoms with van der Waals surface area (Å²) in [6.07, 6.45) is 2.71. The molecule has 0 saturated heterocycles. The Bertz CT molecular complexity index is 836. The summed E-state index contributed by atoms with van der Waals surface area (Å²) in [5, 5.41) is 2.88. The maximum absolute atomic E-state index is 12.4. The first-order chi connectivity index (χ1) is 12.8. The molecule has 0 radical (unpaired) electrons. The molecule has 0 heterocycles. The van der Waals surface area contributed by atoms with Gasteiger partial charge in [0.05, 0.1) is 19.1 Å². The number of anilines is 1. The molecule has 2 aromatic carbocycles. The van der Waals surface area contributed by atoms with Gasteiger partial charge in [0.15, 0.2) is 0 Å². The minimum absolute atomic E-state index is 0.0602. The fourth-order valence-corrected chi connectivity index (χ4v) is 3.56. The fraction of sp³-hybridized carbons (Fsp3) is 0.350. The van der Waals surface area contributed by atoms with Crippen molar-refractivity contribution in [2.75, 3.05) is 24.2 Å². The van der Waals surface area contributed by atoms with E-state index in [9.17, 15) is 13.2 Å². The van der Waals surface area contributed by atoms with E-state index in [2.05, 4.69) is 5.32 Å². The van der Waals surface area contributed by atoms with Crippen LogP contribution in [0.5, 0.6) is 5.75 Å². The molecule has 0 aromatic heterocycles. The van der Waals surface area contributed by atoms with Crippen LogP contribution in [-0.2, 0) is 21.2 Å². The van der Waals surface area contributed by atoms with Gasteiger partial charge < -0.3 is 10.1 Å². The molecule has 0 bridgehead atoms. The van der Waals surface area contributed by atoms with Gasteiger partial charge in [-0.05, 0) is 49.6 Å². The third kappa shape index (κ3) is 6.60. The minimum atomic E-state index is -3.59. The van der Waals surface area contributed by atoms with Crippen LogP contribution in [0.3, 0.4) is 0 Å². The molecular formula is C20H26N2O4S. The number of nitrogens with zero attached hydrogens (tertiary/aromatic N) is 1. The van der Waals surface area contributed by atoms with Crippen LogP contribution in [0.1, 0.15) is 18.9 Å². The van der Waals surface area contributed by atoms with E-state index >= 15 is 0 Å². The van der Waals surface area contributed by atoms with Crippen molar-refractivity contribution in [1.82, 2.24) is 5.32 Å². The zero-order chi connectivity index (χ0) is 19.9. The van der Waals surface area contributed by atoms with Crippen LogP contribution in [0.15, 0.2) is 54.6 Å². The lowest BCUT2D eigenvalue weighted by molar-refractivity contribution is -0.120. The third-order valence-electron chi connectivity index (χ3n) is 4.16. The molecule has 2 rings (SSSR count). The van der Waals surface area contributed by atoms with Gasteiger partial charge in [-0.25, -0.2) is 8.42 Å². The maximum Gasteiger partial charge on any atom is 0.240 e. The highest BCUT2D eigenvalue weighted by Crippen LogP contribution is 2.21. The van der Waals surface area contributed by atoms with Gasteiger partial charge in [-0.15, -0.1) is 0 Å². The zero-order valence-electron chi connectivity index (χ0n) is 15.9. The van der Waals surface area contributed by atoms with E-state index < -0.39 is 10.0 Å². The number of ether oxygens (including phenoxy) is 1. The van der Waals surface area contributed by atoms with Crippen LogP contribution in [0.4, 0.5) is 5.69 Å². The quantitative estimate of drug-likeness (QED) is 0.714. The summed E-state index contributed by atoms with van der Waals surface area (Å²) < 4.78 is 30.4.